The second-order valence-electron chi connectivity index (χ2n) is 5.56. The maximum absolute atomic E-state index is 13.8. The van der Waals surface area contributed by atoms with E-state index in [4.69, 9.17) is 0 Å². The van der Waals surface area contributed by atoms with Gasteiger partial charge in [0.05, 0.1) is 0 Å². The Bertz CT molecular complexity index is 700. The smallest absolute Gasteiger partial charge is 0.191 e. The van der Waals surface area contributed by atoms with Crippen molar-refractivity contribution < 1.29 is 4.39 Å². The lowest BCUT2D eigenvalue weighted by Gasteiger charge is -2.12. The molecule has 25 heavy (non-hydrogen) atoms. The lowest BCUT2D eigenvalue weighted by atomic mass is 10.1. The third-order valence-electron chi connectivity index (χ3n) is 3.81. The zero-order valence-electron chi connectivity index (χ0n) is 14.6. The monoisotopic (exact) mass is 410 g/mol. The fourth-order valence-electron chi connectivity index (χ4n) is 2.46. The number of hydrogen-bond donors (Lipinski definition) is 2. The highest BCUT2D eigenvalue weighted by molar-refractivity contribution is 9.10. The Kier molecular flexibility index (Phi) is 7.84. The predicted molar refractivity (Wildman–Crippen MR) is 101 cm³/mol. The molecule has 0 aliphatic carbocycles. The minimum Gasteiger partial charge on any atom is -0.356 e. The summed E-state index contributed by atoms with van der Waals surface area (Å²) in [5.74, 6) is 1.54. The molecule has 0 aliphatic heterocycles. The van der Waals surface area contributed by atoms with Gasteiger partial charge in [-0.2, -0.15) is 0 Å². The third-order valence-corrected chi connectivity index (χ3v) is 4.30. The minimum atomic E-state index is -0.169. The molecule has 1 aromatic carbocycles. The Morgan fingerprint density at radius 3 is 2.84 bits per heavy atom. The summed E-state index contributed by atoms with van der Waals surface area (Å²) in [6.07, 6.45) is 4.11. The molecule has 136 valence electrons. The lowest BCUT2D eigenvalue weighted by molar-refractivity contribution is 0.600. The number of guanidine groups is 1. The molecule has 2 aromatic rings. The molecule has 0 aliphatic rings. The molecule has 8 heteroatoms. The molecule has 0 fully saturated rings. The van der Waals surface area contributed by atoms with Crippen LogP contribution < -0.4 is 10.6 Å². The largest absolute Gasteiger partial charge is 0.356 e. The summed E-state index contributed by atoms with van der Waals surface area (Å²) in [5, 5.41) is 14.5. The number of hydrogen-bond acceptors (Lipinski definition) is 3. The summed E-state index contributed by atoms with van der Waals surface area (Å²) in [7, 11) is 1.74. The molecule has 0 amide bonds. The average Bonchev–Trinajstić information content (AvgIpc) is 3.06. The Hall–Kier alpha value is -1.96. The molecule has 2 N–H and O–H groups in total. The summed E-state index contributed by atoms with van der Waals surface area (Å²) in [6.45, 7) is 4.29. The van der Waals surface area contributed by atoms with Gasteiger partial charge in [0, 0.05) is 37.6 Å². The molecule has 0 radical (unpaired) electrons. The topological polar surface area (TPSA) is 67.1 Å². The van der Waals surface area contributed by atoms with E-state index in [0.717, 1.165) is 54.3 Å². The number of nitrogens with one attached hydrogen (secondary N) is 2. The van der Waals surface area contributed by atoms with Crippen LogP contribution in [0.5, 0.6) is 0 Å². The molecule has 0 bridgehead atoms. The molecule has 0 saturated heterocycles. The highest BCUT2D eigenvalue weighted by Gasteiger charge is 2.04. The van der Waals surface area contributed by atoms with Crippen LogP contribution in [-0.2, 0) is 19.4 Å². The zero-order valence-corrected chi connectivity index (χ0v) is 16.2. The Morgan fingerprint density at radius 1 is 1.32 bits per heavy atom. The normalized spacial score (nSPS) is 11.6. The number of halogens is 2. The number of benzene rings is 1. The maximum Gasteiger partial charge on any atom is 0.191 e. The van der Waals surface area contributed by atoms with Gasteiger partial charge in [-0.15, -0.1) is 10.2 Å². The van der Waals surface area contributed by atoms with Crippen molar-refractivity contribution >= 4 is 21.9 Å². The molecular weight excluding hydrogens is 387 g/mol. The van der Waals surface area contributed by atoms with Gasteiger partial charge in [-0.05, 0) is 30.5 Å². The van der Waals surface area contributed by atoms with E-state index in [1.54, 1.807) is 13.4 Å². The molecule has 0 unspecified atom stereocenters. The number of aromatic nitrogens is 3. The molecular formula is C17H24BrFN6. The van der Waals surface area contributed by atoms with E-state index in [1.165, 1.54) is 6.07 Å². The summed E-state index contributed by atoms with van der Waals surface area (Å²) in [6, 6.07) is 5.18. The van der Waals surface area contributed by atoms with Gasteiger partial charge in [-0.1, -0.05) is 28.9 Å². The van der Waals surface area contributed by atoms with Crippen molar-refractivity contribution in [1.82, 2.24) is 25.4 Å². The average molecular weight is 411 g/mol. The highest BCUT2D eigenvalue weighted by atomic mass is 79.9. The Balaban J connectivity index is 1.68. The van der Waals surface area contributed by atoms with Crippen LogP contribution in [0, 0.1) is 5.82 Å². The Labute approximate surface area is 156 Å². The summed E-state index contributed by atoms with van der Waals surface area (Å²) in [5.41, 5.74) is 0.729. The van der Waals surface area contributed by atoms with Crippen molar-refractivity contribution in [2.75, 3.05) is 20.1 Å². The van der Waals surface area contributed by atoms with Gasteiger partial charge < -0.3 is 15.2 Å². The minimum absolute atomic E-state index is 0.169. The predicted octanol–water partition coefficient (Wildman–Crippen LogP) is 2.54. The van der Waals surface area contributed by atoms with E-state index in [1.807, 2.05) is 16.7 Å². The van der Waals surface area contributed by atoms with Gasteiger partial charge >= 0.3 is 0 Å². The van der Waals surface area contributed by atoms with Gasteiger partial charge in [0.25, 0.3) is 0 Å². The van der Waals surface area contributed by atoms with Crippen molar-refractivity contribution in [1.29, 1.82) is 0 Å². The highest BCUT2D eigenvalue weighted by Crippen LogP contribution is 2.16. The second-order valence-corrected chi connectivity index (χ2v) is 6.47. The van der Waals surface area contributed by atoms with E-state index < -0.39 is 0 Å². The van der Waals surface area contributed by atoms with Crippen LogP contribution in [0.15, 0.2) is 34.0 Å². The number of aryl methyl sites for hydroxylation is 2. The van der Waals surface area contributed by atoms with Crippen LogP contribution in [0.4, 0.5) is 4.39 Å². The van der Waals surface area contributed by atoms with Crippen LogP contribution in [-0.4, -0.2) is 40.9 Å². The van der Waals surface area contributed by atoms with Crippen molar-refractivity contribution in [3.05, 3.63) is 46.2 Å². The third kappa shape index (κ3) is 6.12. The summed E-state index contributed by atoms with van der Waals surface area (Å²) >= 11 is 3.27. The van der Waals surface area contributed by atoms with Crippen molar-refractivity contribution in [2.45, 2.75) is 32.7 Å². The maximum atomic E-state index is 13.8. The van der Waals surface area contributed by atoms with E-state index in [9.17, 15) is 4.39 Å². The zero-order chi connectivity index (χ0) is 18.1. The van der Waals surface area contributed by atoms with Gasteiger partial charge in [-0.3, -0.25) is 4.99 Å². The lowest BCUT2D eigenvalue weighted by Crippen LogP contribution is -2.39. The van der Waals surface area contributed by atoms with Crippen LogP contribution in [0.25, 0.3) is 0 Å². The molecule has 2 rings (SSSR count). The molecule has 0 saturated carbocycles. The second kappa shape index (κ2) is 10.1. The first kappa shape index (κ1) is 19.4. The van der Waals surface area contributed by atoms with Crippen molar-refractivity contribution in [3.63, 3.8) is 0 Å². The van der Waals surface area contributed by atoms with Crippen molar-refractivity contribution in [2.24, 2.45) is 4.99 Å². The first-order valence-corrected chi connectivity index (χ1v) is 9.18. The van der Waals surface area contributed by atoms with Crippen LogP contribution in [0.1, 0.15) is 24.7 Å². The fourth-order valence-corrected chi connectivity index (χ4v) is 2.80. The molecule has 6 nitrogen and oxygen atoms in total. The number of nitrogens with zero attached hydrogens (tertiary/aromatic N) is 4. The quantitative estimate of drug-likeness (QED) is 0.398. The molecule has 1 aromatic heterocycles. The van der Waals surface area contributed by atoms with Crippen LogP contribution in [0.3, 0.4) is 0 Å². The molecule has 0 spiro atoms. The van der Waals surface area contributed by atoms with Gasteiger partial charge in [0.1, 0.15) is 18.0 Å². The van der Waals surface area contributed by atoms with Crippen LogP contribution >= 0.6 is 15.9 Å². The molecule has 1 heterocycles. The standard InChI is InChI=1S/C17H24BrFN6/c1-3-16-24-23-12-25(16)10-9-22-17(20-2)21-8-4-5-13-6-7-14(18)11-15(13)19/h6-7,11-12H,3-5,8-10H2,1-2H3,(H2,20,21,22). The van der Waals surface area contributed by atoms with E-state index in [0.29, 0.717) is 6.42 Å². The number of rotatable bonds is 8. The summed E-state index contributed by atoms with van der Waals surface area (Å²) in [4.78, 5) is 4.20. The van der Waals surface area contributed by atoms with Gasteiger partial charge in [0.2, 0.25) is 0 Å². The van der Waals surface area contributed by atoms with E-state index in [-0.39, 0.29) is 5.82 Å². The number of aliphatic imine (C=N–C) groups is 1. The summed E-state index contributed by atoms with van der Waals surface area (Å²) < 4.78 is 16.6. The van der Waals surface area contributed by atoms with Crippen LogP contribution in [0.2, 0.25) is 0 Å². The SMILES string of the molecule is CCc1nncn1CCNC(=NC)NCCCc1ccc(Br)cc1F. The molecule has 0 atom stereocenters. The van der Waals surface area contributed by atoms with E-state index >= 15 is 0 Å². The van der Waals surface area contributed by atoms with Gasteiger partial charge in [0.15, 0.2) is 5.96 Å². The Morgan fingerprint density at radius 2 is 2.12 bits per heavy atom. The van der Waals surface area contributed by atoms with Crippen molar-refractivity contribution in [3.8, 4) is 0 Å². The van der Waals surface area contributed by atoms with E-state index in [2.05, 4.69) is 48.7 Å². The van der Waals surface area contributed by atoms with Gasteiger partial charge in [-0.25, -0.2) is 4.39 Å². The first-order chi connectivity index (χ1) is 12.1. The first-order valence-electron chi connectivity index (χ1n) is 8.39. The fraction of sp³-hybridized carbons (Fsp3) is 0.471.